The van der Waals surface area contributed by atoms with E-state index in [1.807, 2.05) is 22.6 Å². The van der Waals surface area contributed by atoms with Crippen molar-refractivity contribution in [2.75, 3.05) is 11.1 Å². The maximum atomic E-state index is 12.9. The van der Waals surface area contributed by atoms with Gasteiger partial charge in [0.2, 0.25) is 5.91 Å². The summed E-state index contributed by atoms with van der Waals surface area (Å²) in [6.45, 7) is 0. The van der Waals surface area contributed by atoms with Crippen molar-refractivity contribution in [1.82, 2.24) is 4.98 Å². The van der Waals surface area contributed by atoms with Gasteiger partial charge in [-0.05, 0) is 40.8 Å². The summed E-state index contributed by atoms with van der Waals surface area (Å²) in [7, 11) is 0. The Bertz CT molecular complexity index is 587. The van der Waals surface area contributed by atoms with Crippen molar-refractivity contribution >= 4 is 50.7 Å². The predicted octanol–water partition coefficient (Wildman–Crippen LogP) is 2.65. The number of amides is 1. The van der Waals surface area contributed by atoms with Gasteiger partial charge in [0.25, 0.3) is 0 Å². The van der Waals surface area contributed by atoms with Crippen molar-refractivity contribution in [3.05, 3.63) is 38.7 Å². The third-order valence-electron chi connectivity index (χ3n) is 2.12. The highest BCUT2D eigenvalue weighted by molar-refractivity contribution is 14.1. The minimum absolute atomic E-state index is 0.154. The highest BCUT2D eigenvalue weighted by Crippen LogP contribution is 2.19. The number of nitrogens with two attached hydrogens (primary N) is 1. The molecule has 94 valence electrons. The Kier molecular flexibility index (Phi) is 4.12. The molecule has 1 aromatic carbocycles. The van der Waals surface area contributed by atoms with Crippen LogP contribution >= 0.6 is 33.9 Å². The van der Waals surface area contributed by atoms with Gasteiger partial charge in [-0.1, -0.05) is 0 Å². The zero-order chi connectivity index (χ0) is 13.1. The largest absolute Gasteiger partial charge is 0.375 e. The first kappa shape index (κ1) is 13.2. The fourth-order valence-corrected chi connectivity index (χ4v) is 2.53. The van der Waals surface area contributed by atoms with Crippen LogP contribution in [0, 0.1) is 9.39 Å². The van der Waals surface area contributed by atoms with Gasteiger partial charge in [0, 0.05) is 8.95 Å². The molecule has 0 saturated carbocycles. The van der Waals surface area contributed by atoms with Crippen LogP contribution in [0.1, 0.15) is 5.69 Å². The molecule has 2 aromatic rings. The van der Waals surface area contributed by atoms with E-state index >= 15 is 0 Å². The molecule has 7 heteroatoms. The van der Waals surface area contributed by atoms with Crippen LogP contribution in [0.4, 0.5) is 15.2 Å². The molecule has 1 heterocycles. The first-order valence-electron chi connectivity index (χ1n) is 4.99. The number of nitrogens with one attached hydrogen (secondary N) is 1. The number of nitrogen functional groups attached to an aromatic ring is 1. The first-order chi connectivity index (χ1) is 8.54. The summed E-state index contributed by atoms with van der Waals surface area (Å²) in [5.74, 6) is -0.533. The van der Waals surface area contributed by atoms with Crippen LogP contribution in [0.15, 0.2) is 23.6 Å². The van der Waals surface area contributed by atoms with Gasteiger partial charge in [-0.3, -0.25) is 4.79 Å². The van der Waals surface area contributed by atoms with E-state index in [0.717, 1.165) is 0 Å². The number of anilines is 2. The molecule has 4 nitrogen and oxygen atoms in total. The van der Waals surface area contributed by atoms with Gasteiger partial charge in [0.05, 0.1) is 17.8 Å². The molecule has 0 aliphatic rings. The number of aromatic nitrogens is 1. The Morgan fingerprint density at radius 2 is 2.33 bits per heavy atom. The van der Waals surface area contributed by atoms with Crippen LogP contribution < -0.4 is 11.1 Å². The summed E-state index contributed by atoms with van der Waals surface area (Å²) in [6, 6.07) is 4.19. The van der Waals surface area contributed by atoms with Gasteiger partial charge in [-0.15, -0.1) is 11.3 Å². The first-order valence-corrected chi connectivity index (χ1v) is 6.95. The summed E-state index contributed by atoms with van der Waals surface area (Å²) in [5.41, 5.74) is 6.70. The normalized spacial score (nSPS) is 10.3. The molecule has 0 atom stereocenters. The highest BCUT2D eigenvalue weighted by atomic mass is 127. The Labute approximate surface area is 121 Å². The summed E-state index contributed by atoms with van der Waals surface area (Å²) in [4.78, 5) is 15.7. The maximum Gasteiger partial charge on any atom is 0.230 e. The summed E-state index contributed by atoms with van der Waals surface area (Å²) < 4.78 is 13.5. The molecule has 1 amide bonds. The smallest absolute Gasteiger partial charge is 0.230 e. The summed E-state index contributed by atoms with van der Waals surface area (Å²) >= 11 is 3.26. The Balaban J connectivity index is 2.03. The van der Waals surface area contributed by atoms with Crippen LogP contribution in [0.3, 0.4) is 0 Å². The van der Waals surface area contributed by atoms with E-state index in [0.29, 0.717) is 20.1 Å². The fraction of sp³-hybridized carbons (Fsp3) is 0.0909. The zero-order valence-electron chi connectivity index (χ0n) is 9.11. The van der Waals surface area contributed by atoms with Crippen LogP contribution in [0.25, 0.3) is 0 Å². The summed E-state index contributed by atoms with van der Waals surface area (Å²) in [5, 5.41) is 4.89. The molecule has 0 aliphatic carbocycles. The lowest BCUT2D eigenvalue weighted by Crippen LogP contribution is -2.15. The Hall–Kier alpha value is -1.22. The van der Waals surface area contributed by atoms with Crippen molar-refractivity contribution in [1.29, 1.82) is 0 Å². The van der Waals surface area contributed by atoms with Gasteiger partial charge in [0.1, 0.15) is 5.82 Å². The fourth-order valence-electron chi connectivity index (χ4n) is 1.35. The average Bonchev–Trinajstić information content (AvgIpc) is 2.68. The Morgan fingerprint density at radius 3 is 2.94 bits per heavy atom. The van der Waals surface area contributed by atoms with Crippen LogP contribution in [0.5, 0.6) is 0 Å². The third-order valence-corrected chi connectivity index (χ3v) is 3.73. The number of hydrogen-bond acceptors (Lipinski definition) is 4. The monoisotopic (exact) mass is 377 g/mol. The van der Waals surface area contributed by atoms with Gasteiger partial charge in [-0.25, -0.2) is 9.37 Å². The van der Waals surface area contributed by atoms with Crippen LogP contribution in [0.2, 0.25) is 0 Å². The maximum absolute atomic E-state index is 12.9. The molecule has 1 aromatic heterocycles. The Morgan fingerprint density at radius 1 is 1.56 bits per heavy atom. The number of thiazole rings is 1. The van der Waals surface area contributed by atoms with Crippen LogP contribution in [-0.2, 0) is 11.2 Å². The van der Waals surface area contributed by atoms with Crippen molar-refractivity contribution in [3.8, 4) is 0 Å². The number of carbonyl (C=O) groups is 1. The number of benzene rings is 1. The van der Waals surface area contributed by atoms with Crippen molar-refractivity contribution in [2.45, 2.75) is 6.42 Å². The van der Waals surface area contributed by atoms with E-state index in [9.17, 15) is 9.18 Å². The summed E-state index contributed by atoms with van der Waals surface area (Å²) in [6.07, 6.45) is 0.154. The molecule has 0 fully saturated rings. The minimum Gasteiger partial charge on any atom is -0.375 e. The molecule has 0 unspecified atom stereocenters. The number of carbonyl (C=O) groups excluding carboxylic acids is 1. The van der Waals surface area contributed by atoms with Gasteiger partial charge < -0.3 is 11.1 Å². The van der Waals surface area contributed by atoms with E-state index in [4.69, 9.17) is 5.73 Å². The SMILES string of the molecule is Nc1nc(CC(=O)Nc2ccc(F)cc2I)cs1. The number of hydrogen-bond donors (Lipinski definition) is 2. The lowest BCUT2D eigenvalue weighted by atomic mass is 10.3. The lowest BCUT2D eigenvalue weighted by Gasteiger charge is -2.06. The van der Waals surface area contributed by atoms with E-state index in [-0.39, 0.29) is 18.1 Å². The van der Waals surface area contributed by atoms with Gasteiger partial charge >= 0.3 is 0 Å². The van der Waals surface area contributed by atoms with E-state index < -0.39 is 0 Å². The van der Waals surface area contributed by atoms with Gasteiger partial charge in [-0.2, -0.15) is 0 Å². The second-order valence-corrected chi connectivity index (χ2v) is 5.58. The number of rotatable bonds is 3. The third kappa shape index (κ3) is 3.39. The van der Waals surface area contributed by atoms with E-state index in [2.05, 4.69) is 10.3 Å². The quantitative estimate of drug-likeness (QED) is 0.809. The molecular formula is C11H9FIN3OS. The standard InChI is InChI=1S/C11H9FIN3OS/c12-6-1-2-9(8(13)3-6)16-10(17)4-7-5-18-11(14)15-7/h1-3,5H,4H2,(H2,14,15)(H,16,17). The lowest BCUT2D eigenvalue weighted by molar-refractivity contribution is -0.115. The average molecular weight is 377 g/mol. The molecular weight excluding hydrogens is 368 g/mol. The molecule has 2 rings (SSSR count). The van der Waals surface area contributed by atoms with Crippen molar-refractivity contribution in [2.24, 2.45) is 0 Å². The molecule has 3 N–H and O–H groups in total. The molecule has 0 aliphatic heterocycles. The molecule has 0 radical (unpaired) electrons. The van der Waals surface area contributed by atoms with E-state index in [1.165, 1.54) is 29.5 Å². The second kappa shape index (κ2) is 5.61. The second-order valence-electron chi connectivity index (χ2n) is 3.53. The van der Waals surface area contributed by atoms with Gasteiger partial charge in [0.15, 0.2) is 5.13 Å². The predicted molar refractivity (Wildman–Crippen MR) is 78.0 cm³/mol. The number of nitrogens with zero attached hydrogens (tertiary/aromatic N) is 1. The van der Waals surface area contributed by atoms with E-state index in [1.54, 1.807) is 5.38 Å². The van der Waals surface area contributed by atoms with Crippen molar-refractivity contribution < 1.29 is 9.18 Å². The topological polar surface area (TPSA) is 68.0 Å². The zero-order valence-corrected chi connectivity index (χ0v) is 12.1. The molecule has 18 heavy (non-hydrogen) atoms. The molecule has 0 bridgehead atoms. The van der Waals surface area contributed by atoms with Crippen molar-refractivity contribution in [3.63, 3.8) is 0 Å². The number of halogens is 2. The highest BCUT2D eigenvalue weighted by Gasteiger charge is 2.09. The minimum atomic E-state index is -0.329. The molecule has 0 spiro atoms. The van der Waals surface area contributed by atoms with Crippen LogP contribution in [-0.4, -0.2) is 10.9 Å². The molecule has 0 saturated heterocycles.